The van der Waals surface area contributed by atoms with E-state index in [1.807, 2.05) is 44.5 Å². The number of hydrogen-bond acceptors (Lipinski definition) is 4. The zero-order valence-electron chi connectivity index (χ0n) is 20.0. The summed E-state index contributed by atoms with van der Waals surface area (Å²) in [4.78, 5) is 16.0. The van der Waals surface area contributed by atoms with Crippen LogP contribution in [0.3, 0.4) is 0 Å². The van der Waals surface area contributed by atoms with Gasteiger partial charge in [-0.05, 0) is 49.1 Å². The summed E-state index contributed by atoms with van der Waals surface area (Å²) in [5, 5.41) is 13.3. The first-order valence-corrected chi connectivity index (χ1v) is 11.5. The van der Waals surface area contributed by atoms with E-state index in [0.29, 0.717) is 23.0 Å². The Balaban J connectivity index is 1.74. The molecule has 2 heterocycles. The molecule has 2 N–H and O–H groups in total. The number of alkyl halides is 3. The Labute approximate surface area is 200 Å². The lowest BCUT2D eigenvalue weighted by Gasteiger charge is -2.27. The van der Waals surface area contributed by atoms with Crippen molar-refractivity contribution < 1.29 is 27.5 Å². The Morgan fingerprint density at radius 3 is 2.51 bits per heavy atom. The molecule has 0 radical (unpaired) electrons. The van der Waals surface area contributed by atoms with Gasteiger partial charge in [-0.25, -0.2) is 4.98 Å². The quantitative estimate of drug-likeness (QED) is 0.302. The van der Waals surface area contributed by atoms with Crippen molar-refractivity contribution in [1.82, 2.24) is 14.9 Å². The van der Waals surface area contributed by atoms with Crippen LogP contribution in [0.1, 0.15) is 44.1 Å². The summed E-state index contributed by atoms with van der Waals surface area (Å²) >= 11 is 0. The number of nitrogens with zero attached hydrogens (tertiary/aromatic N) is 2. The third-order valence-corrected chi connectivity index (χ3v) is 6.67. The van der Waals surface area contributed by atoms with Crippen LogP contribution in [0.2, 0.25) is 0 Å². The van der Waals surface area contributed by atoms with Gasteiger partial charge in [0.15, 0.2) is 0 Å². The number of furan rings is 1. The Morgan fingerprint density at radius 2 is 1.91 bits per heavy atom. The van der Waals surface area contributed by atoms with Crippen LogP contribution in [0.4, 0.5) is 13.2 Å². The maximum absolute atomic E-state index is 14.0. The van der Waals surface area contributed by atoms with Crippen LogP contribution in [-0.4, -0.2) is 32.8 Å². The van der Waals surface area contributed by atoms with Crippen molar-refractivity contribution in [3.05, 3.63) is 54.0 Å². The van der Waals surface area contributed by atoms with Crippen LogP contribution in [0, 0.1) is 12.8 Å². The van der Waals surface area contributed by atoms with Crippen LogP contribution in [0.5, 0.6) is 0 Å². The average Bonchev–Trinajstić information content (AvgIpc) is 3.33. The topological polar surface area (TPSA) is 80.3 Å². The lowest BCUT2D eigenvalue weighted by Crippen LogP contribution is -2.45. The second-order valence-corrected chi connectivity index (χ2v) is 9.10. The monoisotopic (exact) mass is 487 g/mol. The zero-order valence-corrected chi connectivity index (χ0v) is 20.0. The van der Waals surface area contributed by atoms with Crippen molar-refractivity contribution in [1.29, 1.82) is 0 Å². The minimum Gasteiger partial charge on any atom is -0.480 e. The Morgan fingerprint density at radius 1 is 1.17 bits per heavy atom. The third-order valence-electron chi connectivity index (χ3n) is 6.67. The number of imidazole rings is 1. The molecule has 0 aliphatic carbocycles. The lowest BCUT2D eigenvalue weighted by atomic mass is 9.97. The van der Waals surface area contributed by atoms with E-state index >= 15 is 0 Å². The van der Waals surface area contributed by atoms with Crippen LogP contribution in [0.25, 0.3) is 33.2 Å². The fraction of sp³-hybridized carbons (Fsp3) is 0.385. The molecule has 0 saturated heterocycles. The van der Waals surface area contributed by atoms with E-state index in [-0.39, 0.29) is 17.9 Å². The first kappa shape index (κ1) is 24.8. The summed E-state index contributed by atoms with van der Waals surface area (Å²) in [6.45, 7) is 5.60. The van der Waals surface area contributed by atoms with Gasteiger partial charge in [0, 0.05) is 23.4 Å². The number of nitrogens with one attached hydrogen (secondary N) is 1. The van der Waals surface area contributed by atoms with Gasteiger partial charge in [-0.15, -0.1) is 0 Å². The van der Waals surface area contributed by atoms with Crippen molar-refractivity contribution in [3.63, 3.8) is 0 Å². The van der Waals surface area contributed by atoms with Crippen molar-refractivity contribution in [2.75, 3.05) is 0 Å². The maximum Gasteiger partial charge on any atom is 0.407 e. The second-order valence-electron chi connectivity index (χ2n) is 9.10. The number of hydrogen-bond donors (Lipinski definition) is 2. The molecule has 0 fully saturated rings. The number of aliphatic carboxylic acids is 1. The van der Waals surface area contributed by atoms with E-state index in [2.05, 4.69) is 10.3 Å². The largest absolute Gasteiger partial charge is 0.480 e. The minimum absolute atomic E-state index is 0.0345. The number of carboxylic acid groups (broad SMARTS) is 1. The van der Waals surface area contributed by atoms with Crippen LogP contribution < -0.4 is 5.32 Å². The number of fused-ring (bicyclic) bond motifs is 3. The van der Waals surface area contributed by atoms with E-state index in [9.17, 15) is 23.1 Å². The minimum atomic E-state index is -4.69. The van der Waals surface area contributed by atoms with Crippen LogP contribution in [0.15, 0.2) is 47.0 Å². The molecular formula is C26H28F3N3O3. The predicted molar refractivity (Wildman–Crippen MR) is 128 cm³/mol. The highest BCUT2D eigenvalue weighted by molar-refractivity contribution is 6.06. The van der Waals surface area contributed by atoms with Gasteiger partial charge in [-0.3, -0.25) is 10.1 Å². The summed E-state index contributed by atoms with van der Waals surface area (Å²) in [6.07, 6.45) is -2.14. The van der Waals surface area contributed by atoms with E-state index in [4.69, 9.17) is 4.42 Å². The number of carbonyl (C=O) groups is 1. The average molecular weight is 488 g/mol. The number of aromatic nitrogens is 2. The summed E-state index contributed by atoms with van der Waals surface area (Å²) in [6, 6.07) is 6.46. The van der Waals surface area contributed by atoms with Crippen LogP contribution >= 0.6 is 0 Å². The SMILES string of the molecule is CCC(C)CC(NC(c1ccc2c(c1)oc1ccc(-c3cnc(C)n3C)cc12)C(F)(F)F)C(=O)O. The molecule has 0 amide bonds. The number of benzene rings is 2. The summed E-state index contributed by atoms with van der Waals surface area (Å²) < 4.78 is 50.0. The molecule has 9 heteroatoms. The summed E-state index contributed by atoms with van der Waals surface area (Å²) in [7, 11) is 1.91. The highest BCUT2D eigenvalue weighted by Gasteiger charge is 2.43. The fourth-order valence-electron chi connectivity index (χ4n) is 4.29. The van der Waals surface area contributed by atoms with Gasteiger partial charge in [0.2, 0.25) is 0 Å². The van der Waals surface area contributed by atoms with Gasteiger partial charge < -0.3 is 14.1 Å². The zero-order chi connectivity index (χ0) is 25.5. The number of halogens is 3. The van der Waals surface area contributed by atoms with E-state index < -0.39 is 24.2 Å². The van der Waals surface area contributed by atoms with Gasteiger partial charge in [-0.1, -0.05) is 32.4 Å². The Bertz CT molecular complexity index is 1370. The normalized spacial score (nSPS) is 14.9. The first-order chi connectivity index (χ1) is 16.5. The van der Waals surface area contributed by atoms with Crippen molar-refractivity contribution >= 4 is 27.9 Å². The van der Waals surface area contributed by atoms with Gasteiger partial charge >= 0.3 is 12.1 Å². The molecule has 2 aromatic heterocycles. The molecule has 0 aliphatic rings. The number of aryl methyl sites for hydroxylation is 1. The summed E-state index contributed by atoms with van der Waals surface area (Å²) in [5.41, 5.74) is 2.59. The van der Waals surface area contributed by atoms with Crippen molar-refractivity contribution in [2.45, 2.75) is 51.9 Å². The number of carboxylic acids is 1. The predicted octanol–water partition coefficient (Wildman–Crippen LogP) is 6.38. The molecule has 0 bridgehead atoms. The molecule has 0 saturated carbocycles. The molecule has 2 aromatic carbocycles. The Kier molecular flexibility index (Phi) is 6.64. The molecule has 3 atom stereocenters. The smallest absolute Gasteiger partial charge is 0.407 e. The van der Waals surface area contributed by atoms with Crippen molar-refractivity contribution in [2.24, 2.45) is 13.0 Å². The number of rotatable bonds is 8. The van der Waals surface area contributed by atoms with Gasteiger partial charge in [0.05, 0.1) is 11.9 Å². The molecular weight excluding hydrogens is 459 g/mol. The van der Waals surface area contributed by atoms with Crippen molar-refractivity contribution in [3.8, 4) is 11.3 Å². The third kappa shape index (κ3) is 4.91. The second kappa shape index (κ2) is 9.37. The van der Waals surface area contributed by atoms with E-state index in [1.165, 1.54) is 12.1 Å². The molecule has 0 aliphatic heterocycles. The standard InChI is InChI=1S/C26H28F3N3O3/c1-5-14(2)10-20(25(33)34)31-24(26(27,28)29)17-6-8-18-19-11-16(21-13-30-15(3)32(21)4)7-9-22(19)35-23(18)12-17/h6-9,11-14,20,24,31H,5,10H2,1-4H3,(H,33,34). The highest BCUT2D eigenvalue weighted by atomic mass is 19.4. The summed E-state index contributed by atoms with van der Waals surface area (Å²) in [5.74, 6) is -0.476. The fourth-order valence-corrected chi connectivity index (χ4v) is 4.29. The first-order valence-electron chi connectivity index (χ1n) is 11.5. The van der Waals surface area contributed by atoms with Gasteiger partial charge in [0.25, 0.3) is 0 Å². The van der Waals surface area contributed by atoms with E-state index in [1.54, 1.807) is 18.3 Å². The van der Waals surface area contributed by atoms with Gasteiger partial charge in [-0.2, -0.15) is 13.2 Å². The molecule has 6 nitrogen and oxygen atoms in total. The maximum atomic E-state index is 14.0. The molecule has 4 rings (SSSR count). The molecule has 35 heavy (non-hydrogen) atoms. The van der Waals surface area contributed by atoms with Crippen LogP contribution in [-0.2, 0) is 11.8 Å². The molecule has 4 aromatic rings. The molecule has 0 spiro atoms. The Hall–Kier alpha value is -3.33. The molecule has 186 valence electrons. The lowest BCUT2D eigenvalue weighted by molar-refractivity contribution is -0.163. The van der Waals surface area contributed by atoms with Gasteiger partial charge in [0.1, 0.15) is 29.1 Å². The van der Waals surface area contributed by atoms with E-state index in [0.717, 1.165) is 22.5 Å². The highest BCUT2D eigenvalue weighted by Crippen LogP contribution is 2.38. The molecule has 3 unspecified atom stereocenters.